The molecule has 1 heterocycles. The number of nitrogens with one attached hydrogen (secondary N) is 2. The number of ether oxygens (including phenoxy) is 1. The molecule has 0 unspecified atom stereocenters. The second kappa shape index (κ2) is 9.60. The maximum absolute atomic E-state index is 5.46. The van der Waals surface area contributed by atoms with Crippen LogP contribution in [0.3, 0.4) is 0 Å². The topological polar surface area (TPSA) is 63.5 Å². The Morgan fingerprint density at radius 1 is 1.14 bits per heavy atom. The maximum atomic E-state index is 5.46. The summed E-state index contributed by atoms with van der Waals surface area (Å²) in [6.45, 7) is 3.51. The van der Waals surface area contributed by atoms with E-state index in [4.69, 9.17) is 4.74 Å². The number of benzene rings is 2. The predicted octanol–water partition coefficient (Wildman–Crippen LogP) is 3.10. The lowest BCUT2D eigenvalue weighted by atomic mass is 10.1. The Hall–Kier alpha value is -3.28. The number of guanidine groups is 1. The monoisotopic (exact) mass is 377 g/mol. The van der Waals surface area contributed by atoms with Crippen LogP contribution in [0.2, 0.25) is 0 Å². The van der Waals surface area contributed by atoms with Crippen molar-refractivity contribution in [2.75, 3.05) is 20.7 Å². The van der Waals surface area contributed by atoms with Crippen LogP contribution in [-0.4, -0.2) is 36.4 Å². The molecule has 0 radical (unpaired) electrons. The van der Waals surface area contributed by atoms with Gasteiger partial charge in [0.05, 0.1) is 12.8 Å². The highest BCUT2D eigenvalue weighted by atomic mass is 16.5. The fourth-order valence-corrected chi connectivity index (χ4v) is 2.96. The lowest BCUT2D eigenvalue weighted by Gasteiger charge is -2.14. The van der Waals surface area contributed by atoms with Gasteiger partial charge in [-0.1, -0.05) is 24.3 Å². The number of methoxy groups -OCH3 is 1. The van der Waals surface area contributed by atoms with E-state index in [1.165, 1.54) is 11.1 Å². The van der Waals surface area contributed by atoms with Crippen LogP contribution in [0.25, 0.3) is 5.69 Å². The number of rotatable bonds is 7. The van der Waals surface area contributed by atoms with Gasteiger partial charge in [0.15, 0.2) is 5.96 Å². The van der Waals surface area contributed by atoms with E-state index in [0.717, 1.165) is 35.9 Å². The summed E-state index contributed by atoms with van der Waals surface area (Å²) in [5, 5.41) is 10.9. The van der Waals surface area contributed by atoms with Gasteiger partial charge in [-0.25, -0.2) is 4.68 Å². The Bertz CT molecular complexity index is 901. The molecule has 0 aliphatic carbocycles. The van der Waals surface area contributed by atoms with Crippen molar-refractivity contribution in [3.63, 3.8) is 0 Å². The predicted molar refractivity (Wildman–Crippen MR) is 113 cm³/mol. The molecular formula is C22H27N5O. The fourth-order valence-electron chi connectivity index (χ4n) is 2.96. The summed E-state index contributed by atoms with van der Waals surface area (Å²) in [6.07, 6.45) is 4.63. The summed E-state index contributed by atoms with van der Waals surface area (Å²) in [6, 6.07) is 16.6. The number of nitrogens with zero attached hydrogens (tertiary/aromatic N) is 3. The second-order valence-corrected chi connectivity index (χ2v) is 6.53. The lowest BCUT2D eigenvalue weighted by Crippen LogP contribution is -2.37. The first-order valence-corrected chi connectivity index (χ1v) is 9.36. The minimum absolute atomic E-state index is 0.654. The summed E-state index contributed by atoms with van der Waals surface area (Å²) >= 11 is 0. The highest BCUT2D eigenvalue weighted by Gasteiger charge is 2.05. The van der Waals surface area contributed by atoms with Crippen LogP contribution in [0.5, 0.6) is 5.75 Å². The molecule has 2 aromatic carbocycles. The van der Waals surface area contributed by atoms with Gasteiger partial charge >= 0.3 is 0 Å². The number of hydrogen-bond donors (Lipinski definition) is 2. The van der Waals surface area contributed by atoms with E-state index >= 15 is 0 Å². The third kappa shape index (κ3) is 5.13. The molecular weight excluding hydrogens is 350 g/mol. The van der Waals surface area contributed by atoms with E-state index < -0.39 is 0 Å². The van der Waals surface area contributed by atoms with Crippen molar-refractivity contribution in [3.05, 3.63) is 77.6 Å². The number of aromatic nitrogens is 2. The Kier molecular flexibility index (Phi) is 6.68. The minimum Gasteiger partial charge on any atom is -0.496 e. The van der Waals surface area contributed by atoms with E-state index in [2.05, 4.69) is 64.0 Å². The molecule has 2 N–H and O–H groups in total. The molecule has 6 heteroatoms. The van der Waals surface area contributed by atoms with E-state index in [0.29, 0.717) is 6.54 Å². The van der Waals surface area contributed by atoms with Gasteiger partial charge in [0.2, 0.25) is 0 Å². The largest absolute Gasteiger partial charge is 0.496 e. The summed E-state index contributed by atoms with van der Waals surface area (Å²) in [4.78, 5) is 4.30. The number of hydrogen-bond acceptors (Lipinski definition) is 3. The Labute approximate surface area is 166 Å². The normalized spacial score (nSPS) is 11.3. The molecule has 0 bridgehead atoms. The molecule has 0 saturated heterocycles. The lowest BCUT2D eigenvalue weighted by molar-refractivity contribution is 0.408. The molecule has 0 atom stereocenters. The molecule has 0 aliphatic rings. The number of aryl methyl sites for hydroxylation is 1. The van der Waals surface area contributed by atoms with Crippen molar-refractivity contribution in [2.24, 2.45) is 4.99 Å². The molecule has 28 heavy (non-hydrogen) atoms. The molecule has 0 aliphatic heterocycles. The Balaban J connectivity index is 1.48. The molecule has 1 aromatic heterocycles. The maximum Gasteiger partial charge on any atom is 0.191 e. The van der Waals surface area contributed by atoms with Crippen molar-refractivity contribution in [1.82, 2.24) is 20.4 Å². The standard InChI is InChI=1S/C22H27N5O/c1-17-5-8-19(21(15-17)28-3)16-25-22(23-2)24-13-11-18-6-9-20(10-7-18)27-14-4-12-26-27/h4-10,12,14-15H,11,13,16H2,1-3H3,(H2,23,24,25). The third-order valence-corrected chi connectivity index (χ3v) is 4.52. The van der Waals surface area contributed by atoms with Gasteiger partial charge in [0.1, 0.15) is 5.75 Å². The van der Waals surface area contributed by atoms with Crippen LogP contribution in [-0.2, 0) is 13.0 Å². The molecule has 0 amide bonds. The van der Waals surface area contributed by atoms with E-state index in [1.807, 2.05) is 23.0 Å². The van der Waals surface area contributed by atoms with Crippen molar-refractivity contribution >= 4 is 5.96 Å². The summed E-state index contributed by atoms with van der Waals surface area (Å²) in [5.74, 6) is 1.66. The highest BCUT2D eigenvalue weighted by molar-refractivity contribution is 5.79. The molecule has 0 saturated carbocycles. The fraction of sp³-hybridized carbons (Fsp3) is 0.273. The first-order chi connectivity index (χ1) is 13.7. The third-order valence-electron chi connectivity index (χ3n) is 4.52. The minimum atomic E-state index is 0.654. The zero-order chi connectivity index (χ0) is 19.8. The van der Waals surface area contributed by atoms with Gasteiger partial charge in [-0.2, -0.15) is 5.10 Å². The van der Waals surface area contributed by atoms with Crippen LogP contribution in [0.1, 0.15) is 16.7 Å². The quantitative estimate of drug-likeness (QED) is 0.491. The SMILES string of the molecule is CN=C(NCCc1ccc(-n2cccn2)cc1)NCc1ccc(C)cc1OC. The Morgan fingerprint density at radius 2 is 1.96 bits per heavy atom. The van der Waals surface area contributed by atoms with Crippen LogP contribution < -0.4 is 15.4 Å². The molecule has 3 aromatic rings. The van der Waals surface area contributed by atoms with Crippen molar-refractivity contribution in [3.8, 4) is 11.4 Å². The summed E-state index contributed by atoms with van der Waals surface area (Å²) in [7, 11) is 3.48. The van der Waals surface area contributed by atoms with Gasteiger partial charge in [0.25, 0.3) is 0 Å². The number of aliphatic imine (C=N–C) groups is 1. The molecule has 146 valence electrons. The van der Waals surface area contributed by atoms with E-state index in [-0.39, 0.29) is 0 Å². The van der Waals surface area contributed by atoms with Gasteiger partial charge in [0, 0.05) is 38.1 Å². The van der Waals surface area contributed by atoms with Crippen LogP contribution in [0.15, 0.2) is 65.9 Å². The van der Waals surface area contributed by atoms with Crippen LogP contribution in [0, 0.1) is 6.92 Å². The second-order valence-electron chi connectivity index (χ2n) is 6.53. The van der Waals surface area contributed by atoms with Gasteiger partial charge in [-0.05, 0) is 48.7 Å². The zero-order valence-electron chi connectivity index (χ0n) is 16.6. The molecule has 3 rings (SSSR count). The molecule has 0 spiro atoms. The first-order valence-electron chi connectivity index (χ1n) is 9.36. The smallest absolute Gasteiger partial charge is 0.191 e. The van der Waals surface area contributed by atoms with Gasteiger partial charge < -0.3 is 15.4 Å². The average Bonchev–Trinajstić information content (AvgIpc) is 3.26. The van der Waals surface area contributed by atoms with Gasteiger partial charge in [-0.15, -0.1) is 0 Å². The Morgan fingerprint density at radius 3 is 2.64 bits per heavy atom. The molecule has 0 fully saturated rings. The van der Waals surface area contributed by atoms with Crippen molar-refractivity contribution in [1.29, 1.82) is 0 Å². The van der Waals surface area contributed by atoms with Crippen LogP contribution >= 0.6 is 0 Å². The molecule has 6 nitrogen and oxygen atoms in total. The summed E-state index contributed by atoms with van der Waals surface area (Å²) in [5.41, 5.74) is 4.61. The van der Waals surface area contributed by atoms with Crippen LogP contribution in [0.4, 0.5) is 0 Å². The summed E-state index contributed by atoms with van der Waals surface area (Å²) < 4.78 is 7.32. The van der Waals surface area contributed by atoms with E-state index in [1.54, 1.807) is 20.4 Å². The van der Waals surface area contributed by atoms with Crippen molar-refractivity contribution in [2.45, 2.75) is 19.9 Å². The van der Waals surface area contributed by atoms with Crippen molar-refractivity contribution < 1.29 is 4.74 Å². The first kappa shape index (κ1) is 19.5. The highest BCUT2D eigenvalue weighted by Crippen LogP contribution is 2.19. The average molecular weight is 377 g/mol. The van der Waals surface area contributed by atoms with E-state index in [9.17, 15) is 0 Å². The van der Waals surface area contributed by atoms with Gasteiger partial charge in [-0.3, -0.25) is 4.99 Å². The zero-order valence-corrected chi connectivity index (χ0v) is 16.6.